The van der Waals surface area contributed by atoms with Gasteiger partial charge in [0.1, 0.15) is 0 Å². The Morgan fingerprint density at radius 1 is 1.00 bits per heavy atom. The highest BCUT2D eigenvalue weighted by molar-refractivity contribution is 4.67. The Kier molecular flexibility index (Phi) is 6.34. The summed E-state index contributed by atoms with van der Waals surface area (Å²) in [6, 6.07) is 0. The van der Waals surface area contributed by atoms with Crippen LogP contribution in [0.15, 0.2) is 0 Å². The van der Waals surface area contributed by atoms with Crippen LogP contribution in [0.2, 0.25) is 0 Å². The van der Waals surface area contributed by atoms with Crippen molar-refractivity contribution in [2.45, 2.75) is 51.9 Å². The third kappa shape index (κ3) is 4.04. The predicted molar refractivity (Wildman–Crippen MR) is 53.5 cm³/mol. The Morgan fingerprint density at radius 2 is 1.33 bits per heavy atom. The molecule has 74 valence electrons. The summed E-state index contributed by atoms with van der Waals surface area (Å²) in [5, 5.41) is 0. The minimum atomic E-state index is 0.122. The second-order valence-corrected chi connectivity index (χ2v) is 3.38. The molecule has 0 saturated carbocycles. The van der Waals surface area contributed by atoms with Crippen molar-refractivity contribution < 1.29 is 0 Å². The molecule has 3 heteroatoms. The van der Waals surface area contributed by atoms with Crippen LogP contribution in [0.25, 0.3) is 0 Å². The maximum absolute atomic E-state index is 5.90. The Morgan fingerprint density at radius 3 is 1.58 bits per heavy atom. The zero-order valence-corrected chi connectivity index (χ0v) is 8.59. The lowest BCUT2D eigenvalue weighted by Crippen LogP contribution is -2.49. The summed E-state index contributed by atoms with van der Waals surface area (Å²) >= 11 is 0. The molecular weight excluding hydrogens is 150 g/mol. The van der Waals surface area contributed by atoms with Gasteiger partial charge in [-0.15, -0.1) is 0 Å². The average Bonchev–Trinajstić information content (AvgIpc) is 2.04. The molecule has 2 atom stereocenters. The van der Waals surface area contributed by atoms with E-state index in [1.54, 1.807) is 0 Å². The van der Waals surface area contributed by atoms with Crippen LogP contribution in [0.1, 0.15) is 39.5 Å². The Balaban J connectivity index is 3.73. The summed E-state index contributed by atoms with van der Waals surface area (Å²) in [6.45, 7) is 4.28. The lowest BCUT2D eigenvalue weighted by Gasteiger charge is -2.29. The van der Waals surface area contributed by atoms with E-state index in [1.807, 2.05) is 7.05 Å². The summed E-state index contributed by atoms with van der Waals surface area (Å²) in [5.41, 5.74) is 11.8. The molecule has 2 unspecified atom stereocenters. The van der Waals surface area contributed by atoms with Crippen LogP contribution in [0.4, 0.5) is 0 Å². The fraction of sp³-hybridized carbons (Fsp3) is 1.00. The first-order valence-corrected chi connectivity index (χ1v) is 4.86. The van der Waals surface area contributed by atoms with Gasteiger partial charge in [-0.05, 0) is 19.9 Å². The minimum absolute atomic E-state index is 0.122. The Hall–Kier alpha value is -0.120. The third-order valence-corrected chi connectivity index (χ3v) is 2.22. The molecule has 0 aromatic carbocycles. The first-order valence-electron chi connectivity index (χ1n) is 4.86. The second-order valence-electron chi connectivity index (χ2n) is 3.38. The molecule has 0 fully saturated rings. The van der Waals surface area contributed by atoms with E-state index in [2.05, 4.69) is 18.7 Å². The second kappa shape index (κ2) is 6.40. The number of nitrogens with zero attached hydrogens (tertiary/aromatic N) is 1. The molecule has 0 rings (SSSR count). The average molecular weight is 173 g/mol. The van der Waals surface area contributed by atoms with Crippen LogP contribution in [0.5, 0.6) is 0 Å². The molecule has 0 aromatic heterocycles. The fourth-order valence-electron chi connectivity index (χ4n) is 1.24. The largest absolute Gasteiger partial charge is 0.316 e. The maximum Gasteiger partial charge on any atom is 0.0582 e. The molecule has 3 nitrogen and oxygen atoms in total. The van der Waals surface area contributed by atoms with Gasteiger partial charge in [0.15, 0.2) is 0 Å². The lowest BCUT2D eigenvalue weighted by atomic mass is 10.2. The topological polar surface area (TPSA) is 55.3 Å². The van der Waals surface area contributed by atoms with Crippen molar-refractivity contribution >= 4 is 0 Å². The van der Waals surface area contributed by atoms with Crippen molar-refractivity contribution in [3.63, 3.8) is 0 Å². The van der Waals surface area contributed by atoms with Crippen molar-refractivity contribution in [2.75, 3.05) is 7.05 Å². The lowest BCUT2D eigenvalue weighted by molar-refractivity contribution is 0.161. The van der Waals surface area contributed by atoms with E-state index in [-0.39, 0.29) is 12.3 Å². The van der Waals surface area contributed by atoms with Crippen LogP contribution in [0, 0.1) is 0 Å². The zero-order valence-electron chi connectivity index (χ0n) is 8.59. The van der Waals surface area contributed by atoms with Crippen molar-refractivity contribution in [2.24, 2.45) is 11.5 Å². The highest BCUT2D eigenvalue weighted by Gasteiger charge is 2.14. The first-order chi connectivity index (χ1) is 5.63. The smallest absolute Gasteiger partial charge is 0.0582 e. The molecule has 0 aliphatic carbocycles. The molecule has 0 saturated heterocycles. The number of nitrogens with two attached hydrogens (primary N) is 2. The van der Waals surface area contributed by atoms with Gasteiger partial charge in [0.25, 0.3) is 0 Å². The summed E-state index contributed by atoms with van der Waals surface area (Å²) in [4.78, 5) is 2.06. The molecule has 0 aliphatic rings. The van der Waals surface area contributed by atoms with Crippen LogP contribution in [0.3, 0.4) is 0 Å². The standard InChI is InChI=1S/C9H23N3/c1-4-6-8(10)12(3)9(11)7-5-2/h8-9H,4-7,10-11H2,1-3H3. The van der Waals surface area contributed by atoms with Gasteiger partial charge < -0.3 is 11.5 Å². The maximum atomic E-state index is 5.90. The van der Waals surface area contributed by atoms with E-state index >= 15 is 0 Å². The SMILES string of the molecule is CCCC(N)N(C)C(N)CCC. The summed E-state index contributed by atoms with van der Waals surface area (Å²) in [5.74, 6) is 0. The molecule has 0 aliphatic heterocycles. The van der Waals surface area contributed by atoms with Crippen molar-refractivity contribution in [3.8, 4) is 0 Å². The van der Waals surface area contributed by atoms with Crippen molar-refractivity contribution in [1.82, 2.24) is 4.90 Å². The van der Waals surface area contributed by atoms with Gasteiger partial charge in [-0.2, -0.15) is 0 Å². The predicted octanol–water partition coefficient (Wildman–Crippen LogP) is 1.09. The normalized spacial score (nSPS) is 16.5. The third-order valence-electron chi connectivity index (χ3n) is 2.22. The van der Waals surface area contributed by atoms with E-state index < -0.39 is 0 Å². The molecular formula is C9H23N3. The zero-order chi connectivity index (χ0) is 9.56. The highest BCUT2D eigenvalue weighted by Crippen LogP contribution is 2.04. The number of hydrogen-bond acceptors (Lipinski definition) is 3. The fourth-order valence-corrected chi connectivity index (χ4v) is 1.24. The molecule has 0 bridgehead atoms. The van der Waals surface area contributed by atoms with E-state index in [0.717, 1.165) is 25.7 Å². The molecule has 12 heavy (non-hydrogen) atoms. The summed E-state index contributed by atoms with van der Waals surface area (Å²) in [6.07, 6.45) is 4.52. The molecule has 0 aromatic rings. The summed E-state index contributed by atoms with van der Waals surface area (Å²) in [7, 11) is 2.00. The minimum Gasteiger partial charge on any atom is -0.316 e. The van der Waals surface area contributed by atoms with Gasteiger partial charge >= 0.3 is 0 Å². The highest BCUT2D eigenvalue weighted by atomic mass is 15.3. The van der Waals surface area contributed by atoms with E-state index in [0.29, 0.717) is 0 Å². The molecule has 0 heterocycles. The Bertz CT molecular complexity index is 93.9. The van der Waals surface area contributed by atoms with Gasteiger partial charge in [0.05, 0.1) is 12.3 Å². The quantitative estimate of drug-likeness (QED) is 0.591. The van der Waals surface area contributed by atoms with Crippen molar-refractivity contribution in [1.29, 1.82) is 0 Å². The van der Waals surface area contributed by atoms with Gasteiger partial charge in [-0.3, -0.25) is 4.90 Å². The van der Waals surface area contributed by atoms with Gasteiger partial charge in [0.2, 0.25) is 0 Å². The monoisotopic (exact) mass is 173 g/mol. The van der Waals surface area contributed by atoms with Gasteiger partial charge in [-0.25, -0.2) is 0 Å². The van der Waals surface area contributed by atoms with E-state index in [4.69, 9.17) is 11.5 Å². The molecule has 0 amide bonds. The first kappa shape index (κ1) is 11.9. The molecule has 0 spiro atoms. The van der Waals surface area contributed by atoms with Crippen molar-refractivity contribution in [3.05, 3.63) is 0 Å². The number of rotatable bonds is 6. The van der Waals surface area contributed by atoms with Gasteiger partial charge in [0, 0.05) is 0 Å². The van der Waals surface area contributed by atoms with Crippen LogP contribution >= 0.6 is 0 Å². The molecule has 0 radical (unpaired) electrons. The van der Waals surface area contributed by atoms with Crippen LogP contribution in [-0.4, -0.2) is 24.3 Å². The van der Waals surface area contributed by atoms with E-state index in [1.165, 1.54) is 0 Å². The summed E-state index contributed by atoms with van der Waals surface area (Å²) < 4.78 is 0. The Labute approximate surface area is 76.1 Å². The number of hydrogen-bond donors (Lipinski definition) is 2. The van der Waals surface area contributed by atoms with Crippen LogP contribution in [-0.2, 0) is 0 Å². The van der Waals surface area contributed by atoms with E-state index in [9.17, 15) is 0 Å². The van der Waals surface area contributed by atoms with Gasteiger partial charge in [-0.1, -0.05) is 26.7 Å². The van der Waals surface area contributed by atoms with Crippen LogP contribution < -0.4 is 11.5 Å². The molecule has 4 N–H and O–H groups in total.